The SMILES string of the molecule is Cc1ccc(C)c2c1CC[C@]13C=C[C@@]21[C@H]1C=C[C@H]3n2c(=O)n(C)c(=O)n21. The summed E-state index contributed by atoms with van der Waals surface area (Å²) in [5, 5.41) is 0. The Morgan fingerprint density at radius 1 is 0.962 bits per heavy atom. The maximum Gasteiger partial charge on any atom is 0.347 e. The number of fused-ring (bicyclic) bond motifs is 1. The van der Waals surface area contributed by atoms with Crippen molar-refractivity contribution >= 4 is 0 Å². The highest BCUT2D eigenvalue weighted by molar-refractivity contribution is 5.60. The second-order valence-electron chi connectivity index (χ2n) is 8.38. The lowest BCUT2D eigenvalue weighted by atomic mass is 9.40. The van der Waals surface area contributed by atoms with E-state index in [1.54, 1.807) is 16.4 Å². The molecule has 0 saturated heterocycles. The van der Waals surface area contributed by atoms with Crippen LogP contribution in [0.1, 0.15) is 40.8 Å². The number of benzene rings is 1. The Morgan fingerprint density at radius 2 is 1.62 bits per heavy atom. The number of rotatable bonds is 0. The molecule has 0 saturated carbocycles. The number of allylic oxidation sites excluding steroid dienone is 4. The Bertz CT molecular complexity index is 1190. The van der Waals surface area contributed by atoms with E-state index < -0.39 is 0 Å². The average Bonchev–Trinajstić information content (AvgIpc) is 2.85. The van der Waals surface area contributed by atoms with Gasteiger partial charge in [0, 0.05) is 12.5 Å². The minimum atomic E-state index is -0.215. The van der Waals surface area contributed by atoms with Gasteiger partial charge in [0.15, 0.2) is 0 Å². The van der Waals surface area contributed by atoms with Gasteiger partial charge in [-0.05, 0) is 48.9 Å². The Morgan fingerprint density at radius 3 is 2.31 bits per heavy atom. The topological polar surface area (TPSA) is 48.9 Å². The zero-order chi connectivity index (χ0) is 18.0. The first kappa shape index (κ1) is 14.6. The van der Waals surface area contributed by atoms with Crippen molar-refractivity contribution in [1.82, 2.24) is 13.9 Å². The van der Waals surface area contributed by atoms with Crippen molar-refractivity contribution in [2.24, 2.45) is 12.5 Å². The van der Waals surface area contributed by atoms with Crippen LogP contribution in [0.2, 0.25) is 0 Å². The molecular weight excluding hydrogens is 326 g/mol. The van der Waals surface area contributed by atoms with Gasteiger partial charge in [0.2, 0.25) is 0 Å². The first-order valence-corrected chi connectivity index (χ1v) is 9.32. The van der Waals surface area contributed by atoms with Gasteiger partial charge < -0.3 is 0 Å². The normalized spacial score (nSPS) is 34.7. The summed E-state index contributed by atoms with van der Waals surface area (Å²) in [4.78, 5) is 25.7. The lowest BCUT2D eigenvalue weighted by molar-refractivity contribution is -0.00767. The van der Waals surface area contributed by atoms with Gasteiger partial charge in [-0.1, -0.05) is 36.4 Å². The molecule has 2 aliphatic heterocycles. The second kappa shape index (κ2) is 4.05. The highest BCUT2D eigenvalue weighted by atomic mass is 16.2. The molecule has 7 rings (SSSR count). The van der Waals surface area contributed by atoms with E-state index in [0.29, 0.717) is 0 Å². The Kier molecular flexibility index (Phi) is 2.28. The molecule has 1 aromatic heterocycles. The molecule has 0 fully saturated rings. The molecule has 0 unspecified atom stereocenters. The summed E-state index contributed by atoms with van der Waals surface area (Å²) in [6.07, 6.45) is 11.0. The van der Waals surface area contributed by atoms with Crippen LogP contribution in [0, 0.1) is 19.3 Å². The second-order valence-corrected chi connectivity index (χ2v) is 8.38. The minimum absolute atomic E-state index is 0.0908. The van der Waals surface area contributed by atoms with E-state index in [1.165, 1.54) is 26.8 Å². The van der Waals surface area contributed by atoms with Crippen LogP contribution in [-0.4, -0.2) is 13.9 Å². The quantitative estimate of drug-likeness (QED) is 0.685. The highest BCUT2D eigenvalue weighted by Crippen LogP contribution is 2.71. The van der Waals surface area contributed by atoms with E-state index >= 15 is 0 Å². The summed E-state index contributed by atoms with van der Waals surface area (Å²) in [6.45, 7) is 4.37. The highest BCUT2D eigenvalue weighted by Gasteiger charge is 2.70. The predicted molar refractivity (Wildman–Crippen MR) is 98.6 cm³/mol. The van der Waals surface area contributed by atoms with Crippen molar-refractivity contribution in [3.63, 3.8) is 0 Å². The summed E-state index contributed by atoms with van der Waals surface area (Å²) < 4.78 is 4.68. The molecule has 4 atom stereocenters. The van der Waals surface area contributed by atoms with Crippen molar-refractivity contribution in [2.45, 2.75) is 44.2 Å². The van der Waals surface area contributed by atoms with E-state index in [4.69, 9.17) is 0 Å². The van der Waals surface area contributed by atoms with Crippen LogP contribution in [-0.2, 0) is 18.9 Å². The molecule has 26 heavy (non-hydrogen) atoms. The zero-order valence-electron chi connectivity index (χ0n) is 15.2. The van der Waals surface area contributed by atoms with Gasteiger partial charge in [-0.2, -0.15) is 0 Å². The van der Waals surface area contributed by atoms with Crippen LogP contribution in [0.5, 0.6) is 0 Å². The molecule has 0 amide bonds. The zero-order valence-corrected chi connectivity index (χ0v) is 15.2. The third-order valence-corrected chi connectivity index (χ3v) is 7.57. The number of aromatic nitrogens is 3. The molecule has 0 N–H and O–H groups in total. The van der Waals surface area contributed by atoms with E-state index in [1.807, 2.05) is 0 Å². The molecule has 5 heteroatoms. The maximum absolute atomic E-state index is 12.9. The van der Waals surface area contributed by atoms with Gasteiger partial charge in [0.05, 0.1) is 17.5 Å². The first-order chi connectivity index (χ1) is 12.4. The van der Waals surface area contributed by atoms with Crippen molar-refractivity contribution in [3.05, 3.63) is 79.7 Å². The molecule has 0 radical (unpaired) electrons. The fourth-order valence-corrected chi connectivity index (χ4v) is 6.38. The van der Waals surface area contributed by atoms with Gasteiger partial charge in [-0.15, -0.1) is 0 Å². The molecule has 0 spiro atoms. The Balaban J connectivity index is 1.78. The molecule has 1 aromatic carbocycles. The molecule has 5 nitrogen and oxygen atoms in total. The molecule has 5 aliphatic rings. The van der Waals surface area contributed by atoms with Crippen molar-refractivity contribution in [2.75, 3.05) is 0 Å². The smallest absolute Gasteiger partial charge is 0.246 e. The first-order valence-electron chi connectivity index (χ1n) is 9.32. The molecular formula is C21H21N3O2. The molecule has 2 aromatic rings. The summed E-state index contributed by atoms with van der Waals surface area (Å²) in [5.74, 6) is 0. The van der Waals surface area contributed by atoms with Crippen LogP contribution in [0.25, 0.3) is 0 Å². The van der Waals surface area contributed by atoms with Gasteiger partial charge in [0.1, 0.15) is 0 Å². The Hall–Kier alpha value is -2.56. The monoisotopic (exact) mass is 347 g/mol. The van der Waals surface area contributed by atoms with E-state index in [-0.39, 0.29) is 34.3 Å². The fourth-order valence-electron chi connectivity index (χ4n) is 6.38. The van der Waals surface area contributed by atoms with Gasteiger partial charge in [0.25, 0.3) is 0 Å². The fraction of sp³-hybridized carbons (Fsp3) is 0.429. The van der Waals surface area contributed by atoms with E-state index in [9.17, 15) is 9.59 Å². The molecule has 132 valence electrons. The maximum atomic E-state index is 12.9. The summed E-state index contributed by atoms with van der Waals surface area (Å²) in [6, 6.07) is 4.19. The van der Waals surface area contributed by atoms with Crippen LogP contribution in [0.3, 0.4) is 0 Å². The van der Waals surface area contributed by atoms with Crippen LogP contribution >= 0.6 is 0 Å². The predicted octanol–water partition coefficient (Wildman–Crippen LogP) is 2.07. The summed E-state index contributed by atoms with van der Waals surface area (Å²) in [7, 11) is 1.58. The lowest BCUT2D eigenvalue weighted by Gasteiger charge is -2.67. The van der Waals surface area contributed by atoms with Gasteiger partial charge in [-0.3, -0.25) is 0 Å². The minimum Gasteiger partial charge on any atom is -0.246 e. The number of nitrogens with zero attached hydrogens (tertiary/aromatic N) is 3. The molecule has 3 aliphatic carbocycles. The third kappa shape index (κ3) is 1.17. The van der Waals surface area contributed by atoms with Gasteiger partial charge in [-0.25, -0.2) is 23.5 Å². The largest absolute Gasteiger partial charge is 0.347 e. The van der Waals surface area contributed by atoms with E-state index in [0.717, 1.165) is 12.8 Å². The van der Waals surface area contributed by atoms with Crippen molar-refractivity contribution in [3.8, 4) is 0 Å². The van der Waals surface area contributed by atoms with Crippen LogP contribution < -0.4 is 11.4 Å². The molecule has 3 heterocycles. The number of aryl methyl sites for hydroxylation is 2. The van der Waals surface area contributed by atoms with Crippen LogP contribution in [0.4, 0.5) is 0 Å². The van der Waals surface area contributed by atoms with Gasteiger partial charge >= 0.3 is 11.4 Å². The lowest BCUT2D eigenvalue weighted by Crippen LogP contribution is -2.68. The average molecular weight is 347 g/mol. The molecule has 2 bridgehead atoms. The number of hydrogen-bond acceptors (Lipinski definition) is 2. The van der Waals surface area contributed by atoms with Crippen molar-refractivity contribution in [1.29, 1.82) is 0 Å². The Labute approximate surface area is 150 Å². The van der Waals surface area contributed by atoms with Crippen LogP contribution in [0.15, 0.2) is 46.0 Å². The summed E-state index contributed by atoms with van der Waals surface area (Å²) in [5.41, 5.74) is 4.71. The third-order valence-electron chi connectivity index (χ3n) is 7.57. The van der Waals surface area contributed by atoms with E-state index in [2.05, 4.69) is 50.3 Å². The number of hydrogen-bond donors (Lipinski definition) is 0. The standard InChI is InChI=1S/C21H21N3O2/c1-12-4-5-13(2)17-14(12)8-9-20-10-11-21(17,20)16-7-6-15(20)23-18(25)22(3)19(26)24(16)23/h4-7,10-11,15-16H,8-9H2,1-3H3/t15-,16-,20-,21-/m1/s1. The van der Waals surface area contributed by atoms with Crippen molar-refractivity contribution < 1.29 is 0 Å². The summed E-state index contributed by atoms with van der Waals surface area (Å²) >= 11 is 0.